The van der Waals surface area contributed by atoms with Gasteiger partial charge < -0.3 is 10.6 Å². The highest BCUT2D eigenvalue weighted by molar-refractivity contribution is 14.0. The van der Waals surface area contributed by atoms with Crippen LogP contribution in [0.3, 0.4) is 0 Å². The van der Waals surface area contributed by atoms with Crippen LogP contribution in [0.25, 0.3) is 0 Å². The summed E-state index contributed by atoms with van der Waals surface area (Å²) in [4.78, 5) is 8.71. The highest BCUT2D eigenvalue weighted by Gasteiger charge is 2.02. The van der Waals surface area contributed by atoms with E-state index in [9.17, 15) is 0 Å². The summed E-state index contributed by atoms with van der Waals surface area (Å²) in [6.07, 6.45) is 0.991. The number of halogens is 1. The van der Waals surface area contributed by atoms with Crippen LogP contribution in [0, 0.1) is 20.8 Å². The first-order valence-electron chi connectivity index (χ1n) is 7.96. The Morgan fingerprint density at radius 2 is 1.96 bits per heavy atom. The Balaban J connectivity index is 0.00000288. The van der Waals surface area contributed by atoms with Crippen molar-refractivity contribution in [3.8, 4) is 0 Å². The molecular formula is C17H27IN6. The number of rotatable bonds is 6. The number of aryl methyl sites for hydroxylation is 4. The van der Waals surface area contributed by atoms with E-state index < -0.39 is 0 Å². The van der Waals surface area contributed by atoms with Crippen LogP contribution in [0.15, 0.2) is 29.3 Å². The molecule has 132 valence electrons. The molecule has 0 atom stereocenters. The summed E-state index contributed by atoms with van der Waals surface area (Å²) < 4.78 is 2.05. The Morgan fingerprint density at radius 1 is 1.17 bits per heavy atom. The minimum Gasteiger partial charge on any atom is -0.356 e. The van der Waals surface area contributed by atoms with Crippen molar-refractivity contribution >= 4 is 29.9 Å². The second-order valence-electron chi connectivity index (χ2n) is 5.63. The van der Waals surface area contributed by atoms with Gasteiger partial charge in [0, 0.05) is 31.5 Å². The summed E-state index contributed by atoms with van der Waals surface area (Å²) in [7, 11) is 1.78. The Labute approximate surface area is 161 Å². The molecular weight excluding hydrogens is 415 g/mol. The van der Waals surface area contributed by atoms with Gasteiger partial charge in [-0.3, -0.25) is 14.7 Å². The van der Waals surface area contributed by atoms with Gasteiger partial charge in [0.25, 0.3) is 0 Å². The average Bonchev–Trinajstić information content (AvgIpc) is 2.84. The molecule has 2 heterocycles. The van der Waals surface area contributed by atoms with E-state index in [2.05, 4.69) is 38.7 Å². The van der Waals surface area contributed by atoms with Crippen LogP contribution >= 0.6 is 24.0 Å². The third-order valence-corrected chi connectivity index (χ3v) is 3.55. The number of guanidine groups is 1. The van der Waals surface area contributed by atoms with Crippen LogP contribution in [-0.2, 0) is 13.1 Å². The van der Waals surface area contributed by atoms with E-state index in [1.165, 1.54) is 5.69 Å². The lowest BCUT2D eigenvalue weighted by Crippen LogP contribution is -2.37. The van der Waals surface area contributed by atoms with Gasteiger partial charge in [0.15, 0.2) is 5.96 Å². The number of nitrogens with zero attached hydrogens (tertiary/aromatic N) is 4. The van der Waals surface area contributed by atoms with Crippen molar-refractivity contribution in [2.45, 2.75) is 40.3 Å². The topological polar surface area (TPSA) is 67.1 Å². The Kier molecular flexibility index (Phi) is 8.73. The van der Waals surface area contributed by atoms with E-state index in [0.29, 0.717) is 6.54 Å². The maximum Gasteiger partial charge on any atom is 0.191 e. The molecule has 0 aliphatic rings. The van der Waals surface area contributed by atoms with Crippen LogP contribution < -0.4 is 10.6 Å². The molecule has 0 aliphatic carbocycles. The van der Waals surface area contributed by atoms with Gasteiger partial charge in [0.2, 0.25) is 0 Å². The molecule has 0 fully saturated rings. The third-order valence-electron chi connectivity index (χ3n) is 3.55. The molecule has 0 bridgehead atoms. The van der Waals surface area contributed by atoms with Crippen molar-refractivity contribution in [3.05, 3.63) is 47.0 Å². The van der Waals surface area contributed by atoms with Crippen molar-refractivity contribution in [3.63, 3.8) is 0 Å². The molecule has 7 heteroatoms. The Morgan fingerprint density at radius 3 is 2.58 bits per heavy atom. The van der Waals surface area contributed by atoms with E-state index in [-0.39, 0.29) is 24.0 Å². The van der Waals surface area contributed by atoms with Crippen molar-refractivity contribution in [1.29, 1.82) is 0 Å². The van der Waals surface area contributed by atoms with Crippen LogP contribution in [-0.4, -0.2) is 34.3 Å². The first-order chi connectivity index (χ1) is 11.1. The van der Waals surface area contributed by atoms with Gasteiger partial charge in [-0.05, 0) is 45.4 Å². The zero-order valence-corrected chi connectivity index (χ0v) is 17.2. The maximum absolute atomic E-state index is 4.47. The zero-order valence-electron chi connectivity index (χ0n) is 14.8. The molecule has 6 nitrogen and oxygen atoms in total. The molecule has 0 saturated heterocycles. The molecule has 0 aliphatic heterocycles. The van der Waals surface area contributed by atoms with Gasteiger partial charge in [-0.15, -0.1) is 24.0 Å². The predicted octanol–water partition coefficient (Wildman–Crippen LogP) is 2.58. The van der Waals surface area contributed by atoms with Gasteiger partial charge in [-0.25, -0.2) is 0 Å². The van der Waals surface area contributed by atoms with Gasteiger partial charge in [-0.1, -0.05) is 6.07 Å². The fourth-order valence-electron chi connectivity index (χ4n) is 2.43. The molecule has 2 N–H and O–H groups in total. The lowest BCUT2D eigenvalue weighted by Gasteiger charge is -2.12. The smallest absolute Gasteiger partial charge is 0.191 e. The van der Waals surface area contributed by atoms with Crippen molar-refractivity contribution in [1.82, 2.24) is 25.4 Å². The highest BCUT2D eigenvalue weighted by Crippen LogP contribution is 2.02. The van der Waals surface area contributed by atoms with Crippen molar-refractivity contribution in [2.24, 2.45) is 4.99 Å². The molecule has 0 aromatic carbocycles. The molecule has 2 rings (SSSR count). The van der Waals surface area contributed by atoms with E-state index in [1.807, 2.05) is 36.7 Å². The normalized spacial score (nSPS) is 11.1. The summed E-state index contributed by atoms with van der Waals surface area (Å²) >= 11 is 0. The number of pyridine rings is 1. The summed E-state index contributed by atoms with van der Waals surface area (Å²) in [5, 5.41) is 11.1. The monoisotopic (exact) mass is 442 g/mol. The summed E-state index contributed by atoms with van der Waals surface area (Å²) in [6.45, 7) is 8.52. The molecule has 2 aromatic heterocycles. The molecule has 0 amide bonds. The minimum absolute atomic E-state index is 0. The van der Waals surface area contributed by atoms with Crippen LogP contribution in [0.1, 0.15) is 29.2 Å². The van der Waals surface area contributed by atoms with Crippen molar-refractivity contribution < 1.29 is 0 Å². The first kappa shape index (κ1) is 20.4. The molecule has 0 radical (unpaired) electrons. The van der Waals surface area contributed by atoms with Crippen molar-refractivity contribution in [2.75, 3.05) is 13.6 Å². The molecule has 2 aromatic rings. The Hall–Kier alpha value is -1.64. The number of nitrogens with one attached hydrogen (secondary N) is 2. The average molecular weight is 442 g/mol. The van der Waals surface area contributed by atoms with Gasteiger partial charge in [-0.2, -0.15) is 5.10 Å². The van der Waals surface area contributed by atoms with Gasteiger partial charge >= 0.3 is 0 Å². The summed E-state index contributed by atoms with van der Waals surface area (Å²) in [5.41, 5.74) is 4.31. The molecule has 0 unspecified atom stereocenters. The largest absolute Gasteiger partial charge is 0.356 e. The minimum atomic E-state index is 0. The quantitative estimate of drug-likeness (QED) is 0.313. The number of aliphatic imine (C=N–C) groups is 1. The lowest BCUT2D eigenvalue weighted by atomic mass is 10.3. The van der Waals surface area contributed by atoms with Gasteiger partial charge in [0.1, 0.15) is 0 Å². The standard InChI is InChI=1S/C17H26N6.HI/c1-13-7-5-8-16(21-13)12-20-17(18-4)19-9-6-10-23-15(3)11-14(2)22-23;/h5,7-8,11H,6,9-10,12H2,1-4H3,(H2,18,19,20);1H. The predicted molar refractivity (Wildman–Crippen MR) is 109 cm³/mol. The SMILES string of the molecule is CN=C(NCCCn1nc(C)cc1C)NCc1cccc(C)n1.I. The van der Waals surface area contributed by atoms with Crippen LogP contribution in [0.4, 0.5) is 0 Å². The van der Waals surface area contributed by atoms with Crippen LogP contribution in [0.2, 0.25) is 0 Å². The zero-order chi connectivity index (χ0) is 16.7. The Bertz CT molecular complexity index is 665. The van der Waals surface area contributed by atoms with Crippen LogP contribution in [0.5, 0.6) is 0 Å². The summed E-state index contributed by atoms with van der Waals surface area (Å²) in [6, 6.07) is 8.12. The molecule has 0 spiro atoms. The molecule has 0 saturated carbocycles. The van der Waals surface area contributed by atoms with E-state index >= 15 is 0 Å². The van der Waals surface area contributed by atoms with E-state index in [0.717, 1.165) is 42.6 Å². The molecule has 24 heavy (non-hydrogen) atoms. The van der Waals surface area contributed by atoms with Gasteiger partial charge in [0.05, 0.1) is 17.9 Å². The number of aromatic nitrogens is 3. The lowest BCUT2D eigenvalue weighted by molar-refractivity contribution is 0.555. The fourth-order valence-corrected chi connectivity index (χ4v) is 2.43. The maximum atomic E-state index is 4.47. The fraction of sp³-hybridized carbons (Fsp3) is 0.471. The second kappa shape index (κ2) is 10.3. The second-order valence-corrected chi connectivity index (χ2v) is 5.63. The number of hydrogen-bond acceptors (Lipinski definition) is 3. The third kappa shape index (κ3) is 6.46. The first-order valence-corrected chi connectivity index (χ1v) is 7.96. The summed E-state index contributed by atoms with van der Waals surface area (Å²) in [5.74, 6) is 0.793. The van der Waals surface area contributed by atoms with E-state index in [1.54, 1.807) is 7.05 Å². The number of hydrogen-bond donors (Lipinski definition) is 2. The van der Waals surface area contributed by atoms with E-state index in [4.69, 9.17) is 0 Å². The highest BCUT2D eigenvalue weighted by atomic mass is 127.